The van der Waals surface area contributed by atoms with E-state index < -0.39 is 0 Å². The Morgan fingerprint density at radius 2 is 1.62 bits per heavy atom. The first kappa shape index (κ1) is 13.0. The molecule has 0 bridgehead atoms. The lowest BCUT2D eigenvalue weighted by molar-refractivity contribution is 0.163. The second kappa shape index (κ2) is 7.29. The van der Waals surface area contributed by atoms with Crippen LogP contribution in [0.25, 0.3) is 0 Å². The molecule has 0 radical (unpaired) electrons. The minimum Gasteiger partial charge on any atom is -0.508 e. The molecule has 0 saturated carbocycles. The summed E-state index contributed by atoms with van der Waals surface area (Å²) in [5, 5.41) is 19.0. The Labute approximate surface area is 97.9 Å². The summed E-state index contributed by atoms with van der Waals surface area (Å²) < 4.78 is 0. The van der Waals surface area contributed by atoms with Crippen LogP contribution in [0.4, 0.5) is 0 Å². The van der Waals surface area contributed by atoms with E-state index in [0.29, 0.717) is 0 Å². The number of unbranched alkanes of at least 4 members (excludes halogenated alkanes) is 4. The van der Waals surface area contributed by atoms with Crippen molar-refractivity contribution in [2.24, 2.45) is 0 Å². The average Bonchev–Trinajstić information content (AvgIpc) is 2.29. The van der Waals surface area contributed by atoms with Crippen LogP contribution in [0, 0.1) is 0 Å². The smallest absolute Gasteiger partial charge is 0.115 e. The van der Waals surface area contributed by atoms with Crippen molar-refractivity contribution in [3.63, 3.8) is 0 Å². The highest BCUT2D eigenvalue weighted by molar-refractivity contribution is 5.27. The van der Waals surface area contributed by atoms with Crippen LogP contribution in [-0.4, -0.2) is 10.2 Å². The fourth-order valence-corrected chi connectivity index (χ4v) is 1.80. The number of hydrogen-bond acceptors (Lipinski definition) is 2. The molecule has 0 aliphatic rings. The number of aliphatic hydroxyl groups excluding tert-OH is 1. The summed E-state index contributed by atoms with van der Waals surface area (Å²) >= 11 is 0. The highest BCUT2D eigenvalue weighted by Crippen LogP contribution is 2.21. The van der Waals surface area contributed by atoms with Gasteiger partial charge in [-0.05, 0) is 24.1 Å². The first-order valence-electron chi connectivity index (χ1n) is 6.21. The molecule has 1 rings (SSSR count). The van der Waals surface area contributed by atoms with Crippen molar-refractivity contribution in [2.75, 3.05) is 0 Å². The monoisotopic (exact) mass is 222 g/mol. The van der Waals surface area contributed by atoms with E-state index in [2.05, 4.69) is 6.92 Å². The minimum absolute atomic E-state index is 0.249. The van der Waals surface area contributed by atoms with Crippen LogP contribution in [0.2, 0.25) is 0 Å². The molecule has 90 valence electrons. The maximum atomic E-state index is 9.89. The lowest BCUT2D eigenvalue weighted by Gasteiger charge is -2.10. The van der Waals surface area contributed by atoms with E-state index >= 15 is 0 Å². The van der Waals surface area contributed by atoms with Crippen molar-refractivity contribution in [3.05, 3.63) is 29.8 Å². The maximum absolute atomic E-state index is 9.89. The van der Waals surface area contributed by atoms with Crippen LogP contribution < -0.4 is 0 Å². The predicted octanol–water partition coefficient (Wildman–Crippen LogP) is 3.79. The van der Waals surface area contributed by atoms with Gasteiger partial charge >= 0.3 is 0 Å². The first-order chi connectivity index (χ1) is 7.74. The van der Waals surface area contributed by atoms with E-state index in [1.807, 2.05) is 0 Å². The molecule has 1 unspecified atom stereocenters. The zero-order valence-corrected chi connectivity index (χ0v) is 10.0. The molecule has 0 aliphatic heterocycles. The molecule has 0 amide bonds. The van der Waals surface area contributed by atoms with Crippen LogP contribution >= 0.6 is 0 Å². The van der Waals surface area contributed by atoms with Gasteiger partial charge in [0, 0.05) is 0 Å². The Bertz CT molecular complexity index is 279. The molecule has 1 aromatic carbocycles. The lowest BCUT2D eigenvalue weighted by Crippen LogP contribution is -1.96. The molecule has 1 aromatic rings. The van der Waals surface area contributed by atoms with E-state index in [-0.39, 0.29) is 11.9 Å². The molecule has 0 fully saturated rings. The number of hydrogen-bond donors (Lipinski definition) is 2. The standard InChI is InChI=1S/C14H22O2/c1-2-3-4-5-6-7-14(16)12-8-10-13(15)11-9-12/h8-11,14-16H,2-7H2,1H3. The van der Waals surface area contributed by atoms with Gasteiger partial charge in [-0.2, -0.15) is 0 Å². The van der Waals surface area contributed by atoms with Gasteiger partial charge in [0.2, 0.25) is 0 Å². The molecule has 16 heavy (non-hydrogen) atoms. The van der Waals surface area contributed by atoms with Gasteiger partial charge in [-0.3, -0.25) is 0 Å². The van der Waals surface area contributed by atoms with Crippen molar-refractivity contribution in [1.82, 2.24) is 0 Å². The quantitative estimate of drug-likeness (QED) is 0.689. The van der Waals surface area contributed by atoms with Crippen LogP contribution in [0.3, 0.4) is 0 Å². The summed E-state index contributed by atoms with van der Waals surface area (Å²) in [6, 6.07) is 6.81. The van der Waals surface area contributed by atoms with E-state index in [1.165, 1.54) is 25.7 Å². The first-order valence-corrected chi connectivity index (χ1v) is 6.21. The highest BCUT2D eigenvalue weighted by atomic mass is 16.3. The molecule has 2 heteroatoms. The Morgan fingerprint density at radius 3 is 2.25 bits per heavy atom. The van der Waals surface area contributed by atoms with Crippen molar-refractivity contribution < 1.29 is 10.2 Å². The van der Waals surface area contributed by atoms with Gasteiger partial charge in [0.1, 0.15) is 5.75 Å². The molecule has 0 aliphatic carbocycles. The average molecular weight is 222 g/mol. The van der Waals surface area contributed by atoms with E-state index in [9.17, 15) is 5.11 Å². The molecule has 0 spiro atoms. The largest absolute Gasteiger partial charge is 0.508 e. The van der Waals surface area contributed by atoms with Gasteiger partial charge < -0.3 is 10.2 Å². The molecule has 0 saturated heterocycles. The normalized spacial score (nSPS) is 12.6. The Hall–Kier alpha value is -1.02. The minimum atomic E-state index is -0.387. The summed E-state index contributed by atoms with van der Waals surface area (Å²) in [4.78, 5) is 0. The SMILES string of the molecule is CCCCCCCC(O)c1ccc(O)cc1. The van der Waals surface area contributed by atoms with E-state index in [4.69, 9.17) is 5.11 Å². The number of aromatic hydroxyl groups is 1. The Morgan fingerprint density at radius 1 is 1.00 bits per heavy atom. The molecule has 1 atom stereocenters. The van der Waals surface area contributed by atoms with E-state index in [0.717, 1.165) is 18.4 Å². The van der Waals surface area contributed by atoms with Gasteiger partial charge in [0.15, 0.2) is 0 Å². The second-order valence-electron chi connectivity index (χ2n) is 4.31. The van der Waals surface area contributed by atoms with Crippen molar-refractivity contribution in [2.45, 2.75) is 51.6 Å². The third kappa shape index (κ3) is 4.67. The zero-order chi connectivity index (χ0) is 11.8. The third-order valence-electron chi connectivity index (χ3n) is 2.86. The fourth-order valence-electron chi connectivity index (χ4n) is 1.80. The number of rotatable bonds is 7. The molecule has 0 heterocycles. The number of aliphatic hydroxyl groups is 1. The van der Waals surface area contributed by atoms with Crippen LogP contribution in [0.5, 0.6) is 5.75 Å². The van der Waals surface area contributed by atoms with Crippen molar-refractivity contribution in [3.8, 4) is 5.75 Å². The molecular weight excluding hydrogens is 200 g/mol. The van der Waals surface area contributed by atoms with Crippen molar-refractivity contribution >= 4 is 0 Å². The molecule has 2 nitrogen and oxygen atoms in total. The van der Waals surface area contributed by atoms with Gasteiger partial charge in [0.05, 0.1) is 6.10 Å². The van der Waals surface area contributed by atoms with Crippen LogP contribution in [0.15, 0.2) is 24.3 Å². The van der Waals surface area contributed by atoms with Gasteiger partial charge in [-0.15, -0.1) is 0 Å². The second-order valence-corrected chi connectivity index (χ2v) is 4.31. The summed E-state index contributed by atoms with van der Waals surface area (Å²) in [7, 11) is 0. The van der Waals surface area contributed by atoms with Gasteiger partial charge in [-0.25, -0.2) is 0 Å². The Balaban J connectivity index is 2.24. The number of phenols is 1. The molecule has 2 N–H and O–H groups in total. The maximum Gasteiger partial charge on any atom is 0.115 e. The Kier molecular flexibility index (Phi) is 5.94. The molecular formula is C14H22O2. The van der Waals surface area contributed by atoms with E-state index in [1.54, 1.807) is 24.3 Å². The third-order valence-corrected chi connectivity index (χ3v) is 2.86. The van der Waals surface area contributed by atoms with Gasteiger partial charge in [-0.1, -0.05) is 51.2 Å². The predicted molar refractivity (Wildman–Crippen MR) is 66.4 cm³/mol. The van der Waals surface area contributed by atoms with Crippen LogP contribution in [0.1, 0.15) is 57.1 Å². The highest BCUT2D eigenvalue weighted by Gasteiger charge is 2.06. The van der Waals surface area contributed by atoms with Gasteiger partial charge in [0.25, 0.3) is 0 Å². The zero-order valence-electron chi connectivity index (χ0n) is 10.0. The van der Waals surface area contributed by atoms with Crippen molar-refractivity contribution in [1.29, 1.82) is 0 Å². The summed E-state index contributed by atoms with van der Waals surface area (Å²) in [5.41, 5.74) is 0.897. The summed E-state index contributed by atoms with van der Waals surface area (Å²) in [6.07, 6.45) is 6.50. The summed E-state index contributed by atoms with van der Waals surface area (Å²) in [6.45, 7) is 2.20. The lowest BCUT2D eigenvalue weighted by atomic mass is 10.0. The number of benzene rings is 1. The topological polar surface area (TPSA) is 40.5 Å². The fraction of sp³-hybridized carbons (Fsp3) is 0.571. The summed E-state index contributed by atoms with van der Waals surface area (Å²) in [5.74, 6) is 0.249. The molecule has 0 aromatic heterocycles. The number of phenolic OH excluding ortho intramolecular Hbond substituents is 1. The van der Waals surface area contributed by atoms with Crippen LogP contribution in [-0.2, 0) is 0 Å².